The highest BCUT2D eigenvalue weighted by molar-refractivity contribution is 7.89. The van der Waals surface area contributed by atoms with E-state index in [0.717, 1.165) is 11.3 Å². The normalized spacial score (nSPS) is 11.5. The lowest BCUT2D eigenvalue weighted by Crippen LogP contribution is -2.14. The molecule has 1 aromatic heterocycles. The van der Waals surface area contributed by atoms with Gasteiger partial charge in [0.05, 0.1) is 23.1 Å². The van der Waals surface area contributed by atoms with Gasteiger partial charge in [-0.15, -0.1) is 0 Å². The van der Waals surface area contributed by atoms with Crippen LogP contribution in [-0.4, -0.2) is 18.0 Å². The second kappa shape index (κ2) is 5.40. The number of aryl methyl sites for hydroxylation is 1. The molecule has 1 heterocycles. The van der Waals surface area contributed by atoms with E-state index in [4.69, 9.17) is 5.14 Å². The van der Waals surface area contributed by atoms with Gasteiger partial charge in [-0.3, -0.25) is 4.57 Å². The van der Waals surface area contributed by atoms with Crippen LogP contribution >= 0.6 is 0 Å². The van der Waals surface area contributed by atoms with E-state index in [2.05, 4.69) is 4.98 Å². The highest BCUT2D eigenvalue weighted by Gasteiger charge is 2.20. The van der Waals surface area contributed by atoms with Crippen molar-refractivity contribution >= 4 is 10.0 Å². The van der Waals surface area contributed by atoms with E-state index in [-0.39, 0.29) is 4.90 Å². The maximum Gasteiger partial charge on any atom is 0.238 e. The Balaban J connectivity index is 2.30. The van der Waals surface area contributed by atoms with Crippen molar-refractivity contribution in [2.75, 3.05) is 0 Å². The number of sulfonamides is 1. The lowest BCUT2D eigenvalue weighted by atomic mass is 10.1. The van der Waals surface area contributed by atoms with Crippen LogP contribution in [0.1, 0.15) is 5.56 Å². The van der Waals surface area contributed by atoms with Crippen LogP contribution in [0.25, 0.3) is 16.9 Å². The summed E-state index contributed by atoms with van der Waals surface area (Å²) in [4.78, 5) is 4.27. The molecule has 0 radical (unpaired) electrons. The molecule has 0 aliphatic carbocycles. The summed E-state index contributed by atoms with van der Waals surface area (Å²) >= 11 is 0. The second-order valence-electron chi connectivity index (χ2n) is 4.98. The highest BCUT2D eigenvalue weighted by atomic mass is 32.2. The Bertz CT molecular complexity index is 916. The summed E-state index contributed by atoms with van der Waals surface area (Å²) in [5.74, 6) is 0. The van der Waals surface area contributed by atoms with Crippen molar-refractivity contribution in [3.05, 3.63) is 66.6 Å². The van der Waals surface area contributed by atoms with Crippen LogP contribution in [-0.2, 0) is 10.0 Å². The molecule has 0 spiro atoms. The number of primary sulfonamides is 1. The molecule has 2 aromatic carbocycles. The fourth-order valence-electron chi connectivity index (χ4n) is 2.48. The number of benzene rings is 2. The van der Waals surface area contributed by atoms with E-state index < -0.39 is 10.0 Å². The van der Waals surface area contributed by atoms with Crippen molar-refractivity contribution < 1.29 is 8.42 Å². The Morgan fingerprint density at radius 2 is 1.77 bits per heavy atom. The molecule has 112 valence electrons. The molecule has 5 nitrogen and oxygen atoms in total. The fourth-order valence-corrected chi connectivity index (χ4v) is 3.30. The van der Waals surface area contributed by atoms with Crippen LogP contribution in [0.2, 0.25) is 0 Å². The van der Waals surface area contributed by atoms with Gasteiger partial charge in [-0.2, -0.15) is 0 Å². The zero-order chi connectivity index (χ0) is 15.7. The van der Waals surface area contributed by atoms with Gasteiger partial charge in [0.1, 0.15) is 0 Å². The molecule has 0 saturated heterocycles. The summed E-state index contributed by atoms with van der Waals surface area (Å²) in [5, 5.41) is 5.36. The monoisotopic (exact) mass is 313 g/mol. The first-order chi connectivity index (χ1) is 10.5. The standard InChI is InChI=1S/C16H15N3O2S/c1-12-6-5-9-15(22(17,20)21)16(12)14-10-18-11-19(14)13-7-3-2-4-8-13/h2-11H,1H3,(H2,17,20,21). The molecule has 0 aliphatic heterocycles. The minimum atomic E-state index is -3.82. The van der Waals surface area contributed by atoms with Crippen molar-refractivity contribution in [2.45, 2.75) is 11.8 Å². The summed E-state index contributed by atoms with van der Waals surface area (Å²) in [7, 11) is -3.82. The van der Waals surface area contributed by atoms with E-state index in [1.165, 1.54) is 6.07 Å². The average Bonchev–Trinajstić information content (AvgIpc) is 2.96. The topological polar surface area (TPSA) is 78.0 Å². The van der Waals surface area contributed by atoms with Crippen molar-refractivity contribution in [3.63, 3.8) is 0 Å². The van der Waals surface area contributed by atoms with Gasteiger partial charge in [-0.1, -0.05) is 30.3 Å². The average molecular weight is 313 g/mol. The SMILES string of the molecule is Cc1cccc(S(N)(=O)=O)c1-c1cncn1-c1ccccc1. The molecule has 2 N–H and O–H groups in total. The van der Waals surface area contributed by atoms with Crippen LogP contribution < -0.4 is 5.14 Å². The molecule has 3 aromatic rings. The van der Waals surface area contributed by atoms with Gasteiger partial charge < -0.3 is 0 Å². The Labute approximate surface area is 129 Å². The van der Waals surface area contributed by atoms with E-state index in [1.54, 1.807) is 18.6 Å². The zero-order valence-corrected chi connectivity index (χ0v) is 12.8. The Morgan fingerprint density at radius 1 is 1.05 bits per heavy atom. The first kappa shape index (κ1) is 14.5. The van der Waals surface area contributed by atoms with E-state index in [9.17, 15) is 8.42 Å². The lowest BCUT2D eigenvalue weighted by Gasteiger charge is -2.13. The Morgan fingerprint density at radius 3 is 2.45 bits per heavy atom. The number of imidazole rings is 1. The lowest BCUT2D eigenvalue weighted by molar-refractivity contribution is 0.598. The van der Waals surface area contributed by atoms with Crippen LogP contribution in [0.4, 0.5) is 0 Å². The fraction of sp³-hybridized carbons (Fsp3) is 0.0625. The van der Waals surface area contributed by atoms with Crippen molar-refractivity contribution in [1.29, 1.82) is 0 Å². The van der Waals surface area contributed by atoms with Crippen molar-refractivity contribution in [3.8, 4) is 16.9 Å². The molecule has 0 saturated carbocycles. The van der Waals surface area contributed by atoms with Gasteiger partial charge in [0, 0.05) is 11.3 Å². The van der Waals surface area contributed by atoms with Crippen molar-refractivity contribution in [1.82, 2.24) is 9.55 Å². The number of para-hydroxylation sites is 1. The molecule has 0 unspecified atom stereocenters. The molecule has 0 aliphatic rings. The number of nitrogens with two attached hydrogens (primary N) is 1. The summed E-state index contributed by atoms with van der Waals surface area (Å²) in [6.07, 6.45) is 3.30. The van der Waals surface area contributed by atoms with Crippen LogP contribution in [0.15, 0.2) is 66.0 Å². The number of rotatable bonds is 3. The van der Waals surface area contributed by atoms with E-state index >= 15 is 0 Å². The van der Waals surface area contributed by atoms with Gasteiger partial charge in [-0.25, -0.2) is 18.5 Å². The minimum absolute atomic E-state index is 0.102. The Kier molecular flexibility index (Phi) is 3.56. The molecular formula is C16H15N3O2S. The van der Waals surface area contributed by atoms with Gasteiger partial charge in [0.25, 0.3) is 0 Å². The van der Waals surface area contributed by atoms with Crippen LogP contribution in [0.5, 0.6) is 0 Å². The zero-order valence-electron chi connectivity index (χ0n) is 12.0. The third kappa shape index (κ3) is 2.54. The number of hydrogen-bond acceptors (Lipinski definition) is 3. The van der Waals surface area contributed by atoms with Crippen LogP contribution in [0.3, 0.4) is 0 Å². The highest BCUT2D eigenvalue weighted by Crippen LogP contribution is 2.31. The van der Waals surface area contributed by atoms with Crippen LogP contribution in [0, 0.1) is 6.92 Å². The quantitative estimate of drug-likeness (QED) is 0.807. The number of nitrogens with zero attached hydrogens (tertiary/aromatic N) is 2. The number of aromatic nitrogens is 2. The van der Waals surface area contributed by atoms with E-state index in [1.807, 2.05) is 47.9 Å². The molecule has 6 heteroatoms. The van der Waals surface area contributed by atoms with Gasteiger partial charge in [0.15, 0.2) is 0 Å². The predicted molar refractivity (Wildman–Crippen MR) is 85.1 cm³/mol. The molecule has 22 heavy (non-hydrogen) atoms. The molecule has 0 bridgehead atoms. The van der Waals surface area contributed by atoms with Gasteiger partial charge in [0.2, 0.25) is 10.0 Å². The second-order valence-corrected chi connectivity index (χ2v) is 6.51. The third-order valence-corrected chi connectivity index (χ3v) is 4.42. The van der Waals surface area contributed by atoms with Gasteiger partial charge in [-0.05, 0) is 30.7 Å². The summed E-state index contributed by atoms with van der Waals surface area (Å²) in [6, 6.07) is 14.7. The largest absolute Gasteiger partial charge is 0.299 e. The summed E-state index contributed by atoms with van der Waals surface area (Å²) in [5.41, 5.74) is 2.99. The molecule has 0 atom stereocenters. The Hall–Kier alpha value is -2.44. The maximum atomic E-state index is 11.9. The van der Waals surface area contributed by atoms with Gasteiger partial charge >= 0.3 is 0 Å². The molecule has 3 rings (SSSR count). The summed E-state index contributed by atoms with van der Waals surface area (Å²) < 4.78 is 25.6. The minimum Gasteiger partial charge on any atom is -0.299 e. The van der Waals surface area contributed by atoms with Crippen molar-refractivity contribution in [2.24, 2.45) is 5.14 Å². The molecule has 0 amide bonds. The van der Waals surface area contributed by atoms with E-state index in [0.29, 0.717) is 11.3 Å². The smallest absolute Gasteiger partial charge is 0.238 e. The first-order valence-electron chi connectivity index (χ1n) is 6.69. The maximum absolute atomic E-state index is 11.9. The third-order valence-electron chi connectivity index (χ3n) is 3.47. The first-order valence-corrected chi connectivity index (χ1v) is 8.23. The molecule has 0 fully saturated rings. The number of hydrogen-bond donors (Lipinski definition) is 1. The molecular weight excluding hydrogens is 298 g/mol. The summed E-state index contributed by atoms with van der Waals surface area (Å²) in [6.45, 7) is 1.85. The predicted octanol–water partition coefficient (Wildman–Crippen LogP) is 2.50.